The fraction of sp³-hybridized carbons (Fsp3) is 0.308. The van der Waals surface area contributed by atoms with Crippen molar-refractivity contribution in [2.24, 2.45) is 0 Å². The highest BCUT2D eigenvalue weighted by atomic mass is 32.2. The molecule has 0 radical (unpaired) electrons. The van der Waals surface area contributed by atoms with Crippen molar-refractivity contribution in [2.75, 3.05) is 11.5 Å². The average Bonchev–Trinajstić information content (AvgIpc) is 2.77. The van der Waals surface area contributed by atoms with E-state index in [2.05, 4.69) is 15.3 Å². The summed E-state index contributed by atoms with van der Waals surface area (Å²) in [4.78, 5) is 20.6. The third kappa shape index (κ3) is 2.49. The number of carbonyl (C=O) groups excluding carboxylic acids is 1. The van der Waals surface area contributed by atoms with Crippen LogP contribution in [0.5, 0.6) is 0 Å². The van der Waals surface area contributed by atoms with Crippen molar-refractivity contribution in [1.82, 2.24) is 15.3 Å². The second-order valence-corrected chi connectivity index (χ2v) is 7.03. The summed E-state index contributed by atoms with van der Waals surface area (Å²) >= 11 is 0. The van der Waals surface area contributed by atoms with E-state index in [4.69, 9.17) is 0 Å². The van der Waals surface area contributed by atoms with E-state index in [0.717, 1.165) is 0 Å². The lowest BCUT2D eigenvalue weighted by atomic mass is 10.1. The van der Waals surface area contributed by atoms with Crippen LogP contribution in [-0.4, -0.2) is 41.8 Å². The smallest absolute Gasteiger partial charge is 0.253 e. The number of amides is 1. The molecule has 0 bridgehead atoms. The summed E-state index contributed by atoms with van der Waals surface area (Å²) in [5.41, 5.74) is 1.58. The summed E-state index contributed by atoms with van der Waals surface area (Å²) in [7, 11) is -3.01. The Morgan fingerprint density at radius 3 is 2.80 bits per heavy atom. The SMILES string of the molecule is O=C(NC1CCS(=O)(=O)C1)c1cccc2nccnc12. The Bertz CT molecular complexity index is 768. The Morgan fingerprint density at radius 1 is 1.25 bits per heavy atom. The molecule has 1 aliphatic rings. The van der Waals surface area contributed by atoms with E-state index in [0.29, 0.717) is 23.0 Å². The van der Waals surface area contributed by atoms with Gasteiger partial charge in [0.15, 0.2) is 9.84 Å². The van der Waals surface area contributed by atoms with Crippen LogP contribution < -0.4 is 5.32 Å². The van der Waals surface area contributed by atoms with E-state index in [-0.39, 0.29) is 23.5 Å². The lowest BCUT2D eigenvalue weighted by Gasteiger charge is -2.11. The number of hydrogen-bond acceptors (Lipinski definition) is 5. The number of sulfone groups is 1. The number of nitrogens with one attached hydrogen (secondary N) is 1. The van der Waals surface area contributed by atoms with Crippen molar-refractivity contribution in [3.05, 3.63) is 36.2 Å². The van der Waals surface area contributed by atoms with Crippen LogP contribution >= 0.6 is 0 Å². The van der Waals surface area contributed by atoms with E-state index in [1.807, 2.05) is 0 Å². The maximum atomic E-state index is 12.3. The van der Waals surface area contributed by atoms with Crippen LogP contribution in [0, 0.1) is 0 Å². The second-order valence-electron chi connectivity index (χ2n) is 4.80. The number of fused-ring (bicyclic) bond motifs is 1. The van der Waals surface area contributed by atoms with E-state index in [1.165, 1.54) is 6.20 Å². The lowest BCUT2D eigenvalue weighted by molar-refractivity contribution is 0.0942. The first-order valence-electron chi connectivity index (χ1n) is 6.26. The fourth-order valence-corrected chi connectivity index (χ4v) is 4.02. The van der Waals surface area contributed by atoms with Crippen molar-refractivity contribution in [3.8, 4) is 0 Å². The fourth-order valence-electron chi connectivity index (χ4n) is 2.35. The molecule has 1 atom stereocenters. The van der Waals surface area contributed by atoms with Crippen LogP contribution in [0.3, 0.4) is 0 Å². The van der Waals surface area contributed by atoms with Gasteiger partial charge in [-0.2, -0.15) is 0 Å². The number of aromatic nitrogens is 2. The van der Waals surface area contributed by atoms with Gasteiger partial charge in [-0.1, -0.05) is 6.07 Å². The van der Waals surface area contributed by atoms with E-state index >= 15 is 0 Å². The number of nitrogens with zero attached hydrogens (tertiary/aromatic N) is 2. The molecule has 20 heavy (non-hydrogen) atoms. The number of carbonyl (C=O) groups is 1. The Labute approximate surface area is 116 Å². The van der Waals surface area contributed by atoms with Crippen LogP contribution in [0.15, 0.2) is 30.6 Å². The maximum Gasteiger partial charge on any atom is 0.253 e. The van der Waals surface area contributed by atoms with Crippen molar-refractivity contribution in [3.63, 3.8) is 0 Å². The predicted octanol–water partition coefficient (Wildman–Crippen LogP) is 0.547. The van der Waals surface area contributed by atoms with E-state index in [9.17, 15) is 13.2 Å². The molecule has 3 rings (SSSR count). The minimum absolute atomic E-state index is 0.00911. The van der Waals surface area contributed by atoms with Gasteiger partial charge in [0, 0.05) is 18.4 Å². The lowest BCUT2D eigenvalue weighted by Crippen LogP contribution is -2.35. The Hall–Kier alpha value is -2.02. The number of benzene rings is 1. The van der Waals surface area contributed by atoms with Crippen LogP contribution in [-0.2, 0) is 9.84 Å². The summed E-state index contributed by atoms with van der Waals surface area (Å²) < 4.78 is 22.8. The second kappa shape index (κ2) is 4.82. The van der Waals surface area contributed by atoms with Crippen LogP contribution in [0.4, 0.5) is 0 Å². The van der Waals surface area contributed by atoms with Crippen LogP contribution in [0.1, 0.15) is 16.8 Å². The molecule has 6 nitrogen and oxygen atoms in total. The summed E-state index contributed by atoms with van der Waals surface area (Å²) in [6.45, 7) is 0. The van der Waals surface area contributed by atoms with Gasteiger partial charge in [0.2, 0.25) is 0 Å². The van der Waals surface area contributed by atoms with Gasteiger partial charge in [-0.15, -0.1) is 0 Å². The maximum absolute atomic E-state index is 12.3. The molecule has 1 aromatic heterocycles. The molecular formula is C13H13N3O3S. The topological polar surface area (TPSA) is 89.0 Å². The minimum atomic E-state index is -3.01. The van der Waals surface area contributed by atoms with Gasteiger partial charge in [0.05, 0.1) is 22.6 Å². The monoisotopic (exact) mass is 291 g/mol. The zero-order chi connectivity index (χ0) is 14.2. The Balaban J connectivity index is 1.86. The molecule has 0 aliphatic carbocycles. The van der Waals surface area contributed by atoms with E-state index in [1.54, 1.807) is 24.4 Å². The van der Waals surface area contributed by atoms with Crippen LogP contribution in [0.2, 0.25) is 0 Å². The zero-order valence-electron chi connectivity index (χ0n) is 10.6. The molecule has 7 heteroatoms. The summed E-state index contributed by atoms with van der Waals surface area (Å²) in [5.74, 6) is -0.166. The molecule has 1 unspecified atom stereocenters. The largest absolute Gasteiger partial charge is 0.348 e. The Kier molecular flexibility index (Phi) is 3.13. The molecule has 104 valence electrons. The van der Waals surface area contributed by atoms with Gasteiger partial charge in [-0.3, -0.25) is 14.8 Å². The third-order valence-corrected chi connectivity index (χ3v) is 5.08. The predicted molar refractivity (Wildman–Crippen MR) is 74.1 cm³/mol. The number of rotatable bonds is 2. The molecule has 0 spiro atoms. The minimum Gasteiger partial charge on any atom is -0.348 e. The highest BCUT2D eigenvalue weighted by molar-refractivity contribution is 7.91. The molecule has 1 aliphatic heterocycles. The molecule has 0 saturated carbocycles. The molecule has 1 amide bonds. The van der Waals surface area contributed by atoms with Crippen LogP contribution in [0.25, 0.3) is 11.0 Å². The first-order valence-corrected chi connectivity index (χ1v) is 8.08. The van der Waals surface area contributed by atoms with Gasteiger partial charge in [-0.25, -0.2) is 8.42 Å². The highest BCUT2D eigenvalue weighted by Gasteiger charge is 2.29. The van der Waals surface area contributed by atoms with Gasteiger partial charge < -0.3 is 5.32 Å². The first kappa shape index (κ1) is 13.0. The summed E-state index contributed by atoms with van der Waals surface area (Å²) in [6, 6.07) is 4.85. The molecule has 2 heterocycles. The Morgan fingerprint density at radius 2 is 2.05 bits per heavy atom. The summed E-state index contributed by atoms with van der Waals surface area (Å²) in [6.07, 6.45) is 3.55. The van der Waals surface area contributed by atoms with Crippen molar-refractivity contribution < 1.29 is 13.2 Å². The van der Waals surface area contributed by atoms with Gasteiger partial charge in [0.25, 0.3) is 5.91 Å². The van der Waals surface area contributed by atoms with Crippen molar-refractivity contribution in [1.29, 1.82) is 0 Å². The highest BCUT2D eigenvalue weighted by Crippen LogP contribution is 2.16. The van der Waals surface area contributed by atoms with E-state index < -0.39 is 9.84 Å². The first-order chi connectivity index (χ1) is 9.55. The number of para-hydroxylation sites is 1. The standard InChI is InChI=1S/C13H13N3O3S/c17-13(16-9-4-7-20(18,19)8-9)10-2-1-3-11-12(10)15-6-5-14-11/h1-3,5-6,9H,4,7-8H2,(H,16,17). The molecule has 1 aromatic carbocycles. The third-order valence-electron chi connectivity index (χ3n) is 3.31. The van der Waals surface area contributed by atoms with Crippen molar-refractivity contribution >= 4 is 26.8 Å². The molecule has 2 aromatic rings. The normalized spacial score (nSPS) is 20.9. The van der Waals surface area contributed by atoms with Gasteiger partial charge in [0.1, 0.15) is 5.52 Å². The molecule has 1 fully saturated rings. The molecule has 1 saturated heterocycles. The van der Waals surface area contributed by atoms with Crippen molar-refractivity contribution in [2.45, 2.75) is 12.5 Å². The average molecular weight is 291 g/mol. The zero-order valence-corrected chi connectivity index (χ0v) is 11.4. The number of hydrogen-bond donors (Lipinski definition) is 1. The summed E-state index contributed by atoms with van der Waals surface area (Å²) in [5, 5.41) is 2.76. The quantitative estimate of drug-likeness (QED) is 0.872. The molecular weight excluding hydrogens is 278 g/mol. The van der Waals surface area contributed by atoms with Gasteiger partial charge in [-0.05, 0) is 18.6 Å². The van der Waals surface area contributed by atoms with Gasteiger partial charge >= 0.3 is 0 Å². The molecule has 1 N–H and O–H groups in total.